The number of likely N-dealkylation sites (tertiary alicyclic amines) is 1. The first-order valence-electron chi connectivity index (χ1n) is 5.03. The van der Waals surface area contributed by atoms with Crippen LogP contribution >= 0.6 is 0 Å². The first-order valence-corrected chi connectivity index (χ1v) is 5.03. The largest absolute Gasteiger partial charge is 0.398 e. The van der Waals surface area contributed by atoms with Gasteiger partial charge in [0.2, 0.25) is 5.91 Å². The highest BCUT2D eigenvalue weighted by Crippen LogP contribution is 2.17. The molecule has 2 rings (SSSR count). The number of nitrogen functional groups attached to an aromatic ring is 1. The number of nitrogens with two attached hydrogens (primary N) is 2. The van der Waals surface area contributed by atoms with Crippen LogP contribution in [0.25, 0.3) is 0 Å². The van der Waals surface area contributed by atoms with E-state index in [0.717, 1.165) is 11.3 Å². The van der Waals surface area contributed by atoms with E-state index in [-0.39, 0.29) is 11.9 Å². The predicted molar refractivity (Wildman–Crippen MR) is 58.9 cm³/mol. The maximum absolute atomic E-state index is 11.5. The molecular weight excluding hydrogens is 190 g/mol. The van der Waals surface area contributed by atoms with Crippen molar-refractivity contribution in [1.82, 2.24) is 4.90 Å². The van der Waals surface area contributed by atoms with Gasteiger partial charge in [0.15, 0.2) is 0 Å². The zero-order valence-corrected chi connectivity index (χ0v) is 8.52. The fourth-order valence-corrected chi connectivity index (χ4v) is 1.84. The molecule has 1 unspecified atom stereocenters. The Bertz CT molecular complexity index is 378. The number of anilines is 1. The Morgan fingerprint density at radius 2 is 2.13 bits per heavy atom. The van der Waals surface area contributed by atoms with Crippen LogP contribution in [-0.2, 0) is 11.3 Å². The minimum atomic E-state index is -0.0255. The van der Waals surface area contributed by atoms with E-state index in [1.807, 2.05) is 24.3 Å². The van der Waals surface area contributed by atoms with Crippen molar-refractivity contribution in [2.24, 2.45) is 5.73 Å². The van der Waals surface area contributed by atoms with Gasteiger partial charge in [-0.3, -0.25) is 4.79 Å². The van der Waals surface area contributed by atoms with Gasteiger partial charge in [-0.1, -0.05) is 18.2 Å². The van der Waals surface area contributed by atoms with Gasteiger partial charge in [0.05, 0.1) is 0 Å². The summed E-state index contributed by atoms with van der Waals surface area (Å²) in [6.45, 7) is 1.20. The van der Waals surface area contributed by atoms with Crippen molar-refractivity contribution in [2.75, 3.05) is 12.3 Å². The van der Waals surface area contributed by atoms with E-state index in [4.69, 9.17) is 11.5 Å². The molecule has 1 aliphatic rings. The molecule has 4 heteroatoms. The molecular formula is C11H15N3O. The number of carbonyl (C=O) groups excluding carboxylic acids is 1. The third-order valence-electron chi connectivity index (χ3n) is 2.66. The lowest BCUT2D eigenvalue weighted by Gasteiger charge is -2.17. The van der Waals surface area contributed by atoms with Gasteiger partial charge < -0.3 is 16.4 Å². The summed E-state index contributed by atoms with van der Waals surface area (Å²) >= 11 is 0. The smallest absolute Gasteiger partial charge is 0.224 e. The summed E-state index contributed by atoms with van der Waals surface area (Å²) in [5.74, 6) is 0.116. The Hall–Kier alpha value is -1.55. The molecule has 0 bridgehead atoms. The molecule has 4 N–H and O–H groups in total. The molecule has 0 aliphatic carbocycles. The molecule has 1 atom stereocenters. The molecule has 0 spiro atoms. The SMILES string of the molecule is Nc1ccccc1CN1CC(N)CC1=O. The molecule has 0 saturated carbocycles. The highest BCUT2D eigenvalue weighted by Gasteiger charge is 2.26. The fraction of sp³-hybridized carbons (Fsp3) is 0.364. The molecule has 0 aromatic heterocycles. The number of benzene rings is 1. The number of hydrogen-bond acceptors (Lipinski definition) is 3. The van der Waals surface area contributed by atoms with Crippen molar-refractivity contribution < 1.29 is 4.79 Å². The number of carbonyl (C=O) groups is 1. The van der Waals surface area contributed by atoms with Gasteiger partial charge in [0.1, 0.15) is 0 Å². The molecule has 1 aliphatic heterocycles. The lowest BCUT2D eigenvalue weighted by Crippen LogP contribution is -2.28. The van der Waals surface area contributed by atoms with Gasteiger partial charge in [0, 0.05) is 31.2 Å². The van der Waals surface area contributed by atoms with Gasteiger partial charge in [-0.2, -0.15) is 0 Å². The Morgan fingerprint density at radius 3 is 2.73 bits per heavy atom. The minimum absolute atomic E-state index is 0.0255. The fourth-order valence-electron chi connectivity index (χ4n) is 1.84. The van der Waals surface area contributed by atoms with E-state index < -0.39 is 0 Å². The van der Waals surface area contributed by atoms with Crippen molar-refractivity contribution >= 4 is 11.6 Å². The highest BCUT2D eigenvalue weighted by molar-refractivity contribution is 5.79. The van der Waals surface area contributed by atoms with Crippen LogP contribution in [0.3, 0.4) is 0 Å². The second-order valence-corrected chi connectivity index (χ2v) is 3.94. The third kappa shape index (κ3) is 2.10. The average Bonchev–Trinajstić information content (AvgIpc) is 2.49. The third-order valence-corrected chi connectivity index (χ3v) is 2.66. The quantitative estimate of drug-likeness (QED) is 0.683. The van der Waals surface area contributed by atoms with E-state index in [9.17, 15) is 4.79 Å². The van der Waals surface area contributed by atoms with E-state index in [1.54, 1.807) is 4.90 Å². The number of para-hydroxylation sites is 1. The molecule has 1 aromatic rings. The summed E-state index contributed by atoms with van der Waals surface area (Å²) in [6, 6.07) is 7.56. The first-order chi connectivity index (χ1) is 7.16. The van der Waals surface area contributed by atoms with Crippen LogP contribution in [-0.4, -0.2) is 23.4 Å². The molecule has 1 fully saturated rings. The summed E-state index contributed by atoms with van der Waals surface area (Å²) in [4.78, 5) is 13.3. The summed E-state index contributed by atoms with van der Waals surface area (Å²) in [5.41, 5.74) is 13.2. The Labute approximate surface area is 88.9 Å². The summed E-state index contributed by atoms with van der Waals surface area (Å²) in [5, 5.41) is 0. The molecule has 80 valence electrons. The van der Waals surface area contributed by atoms with Gasteiger partial charge >= 0.3 is 0 Å². The predicted octanol–water partition coefficient (Wildman–Crippen LogP) is 0.328. The van der Waals surface area contributed by atoms with Crippen LogP contribution in [0, 0.1) is 0 Å². The highest BCUT2D eigenvalue weighted by atomic mass is 16.2. The number of hydrogen-bond donors (Lipinski definition) is 2. The zero-order valence-electron chi connectivity index (χ0n) is 8.52. The van der Waals surface area contributed by atoms with E-state index in [1.165, 1.54) is 0 Å². The molecule has 1 amide bonds. The maximum atomic E-state index is 11.5. The van der Waals surface area contributed by atoms with Gasteiger partial charge in [-0.25, -0.2) is 0 Å². The first kappa shape index (κ1) is 9.98. The Kier molecular flexibility index (Phi) is 2.60. The monoisotopic (exact) mass is 205 g/mol. The van der Waals surface area contributed by atoms with Crippen LogP contribution < -0.4 is 11.5 Å². The summed E-state index contributed by atoms with van der Waals surface area (Å²) in [7, 11) is 0. The second kappa shape index (κ2) is 3.90. The van der Waals surface area contributed by atoms with Gasteiger partial charge in [0.25, 0.3) is 0 Å². The number of nitrogens with zero attached hydrogens (tertiary/aromatic N) is 1. The van der Waals surface area contributed by atoms with Gasteiger partial charge in [-0.05, 0) is 11.6 Å². The Balaban J connectivity index is 2.09. The summed E-state index contributed by atoms with van der Waals surface area (Å²) in [6.07, 6.45) is 0.451. The topological polar surface area (TPSA) is 72.3 Å². The molecule has 1 heterocycles. The van der Waals surface area contributed by atoms with Crippen LogP contribution in [0.2, 0.25) is 0 Å². The molecule has 15 heavy (non-hydrogen) atoms. The lowest BCUT2D eigenvalue weighted by molar-refractivity contribution is -0.128. The van der Waals surface area contributed by atoms with Crippen LogP contribution in [0.15, 0.2) is 24.3 Å². The maximum Gasteiger partial charge on any atom is 0.224 e. The zero-order chi connectivity index (χ0) is 10.8. The minimum Gasteiger partial charge on any atom is -0.398 e. The number of rotatable bonds is 2. The molecule has 1 saturated heterocycles. The second-order valence-electron chi connectivity index (χ2n) is 3.94. The number of amides is 1. The Morgan fingerprint density at radius 1 is 1.40 bits per heavy atom. The molecule has 1 aromatic carbocycles. The average molecular weight is 205 g/mol. The lowest BCUT2D eigenvalue weighted by atomic mass is 10.2. The standard InChI is InChI=1S/C11H15N3O/c12-9-5-11(15)14(7-9)6-8-3-1-2-4-10(8)13/h1-4,9H,5-7,12-13H2. The van der Waals surface area contributed by atoms with Crippen LogP contribution in [0.1, 0.15) is 12.0 Å². The summed E-state index contributed by atoms with van der Waals surface area (Å²) < 4.78 is 0. The van der Waals surface area contributed by atoms with Crippen molar-refractivity contribution in [3.8, 4) is 0 Å². The molecule has 0 radical (unpaired) electrons. The van der Waals surface area contributed by atoms with Crippen LogP contribution in [0.5, 0.6) is 0 Å². The molecule has 4 nitrogen and oxygen atoms in total. The van der Waals surface area contributed by atoms with Crippen LogP contribution in [0.4, 0.5) is 5.69 Å². The van der Waals surface area contributed by atoms with Crippen molar-refractivity contribution in [3.05, 3.63) is 29.8 Å². The van der Waals surface area contributed by atoms with Crippen molar-refractivity contribution in [2.45, 2.75) is 19.0 Å². The van der Waals surface area contributed by atoms with E-state index in [0.29, 0.717) is 19.5 Å². The normalized spacial score (nSPS) is 21.0. The van der Waals surface area contributed by atoms with Gasteiger partial charge in [-0.15, -0.1) is 0 Å². The van der Waals surface area contributed by atoms with Crippen molar-refractivity contribution in [1.29, 1.82) is 0 Å². The van der Waals surface area contributed by atoms with E-state index in [2.05, 4.69) is 0 Å². The van der Waals surface area contributed by atoms with E-state index >= 15 is 0 Å². The van der Waals surface area contributed by atoms with Crippen molar-refractivity contribution in [3.63, 3.8) is 0 Å².